The predicted molar refractivity (Wildman–Crippen MR) is 78.1 cm³/mol. The van der Waals surface area contributed by atoms with Crippen molar-refractivity contribution in [2.24, 2.45) is 0 Å². The molecule has 1 saturated heterocycles. The van der Waals surface area contributed by atoms with Gasteiger partial charge in [0, 0.05) is 5.75 Å². The van der Waals surface area contributed by atoms with Gasteiger partial charge in [0.25, 0.3) is 0 Å². The van der Waals surface area contributed by atoms with Crippen molar-refractivity contribution in [1.29, 1.82) is 0 Å². The van der Waals surface area contributed by atoms with Crippen molar-refractivity contribution in [3.8, 4) is 0 Å². The highest BCUT2D eigenvalue weighted by atomic mass is 32.2. The number of aromatic nitrogens is 3. The molecular formula is C14H15N3O3S. The second-order valence-corrected chi connectivity index (χ2v) is 5.78. The van der Waals surface area contributed by atoms with Crippen LogP contribution in [0, 0.1) is 0 Å². The van der Waals surface area contributed by atoms with Crippen LogP contribution in [0.1, 0.15) is 27.1 Å². The van der Waals surface area contributed by atoms with Gasteiger partial charge < -0.3 is 9.47 Å². The minimum atomic E-state index is -0.341. The first-order valence-corrected chi connectivity index (χ1v) is 7.61. The van der Waals surface area contributed by atoms with Gasteiger partial charge in [-0.2, -0.15) is 0 Å². The molecule has 0 saturated carbocycles. The molecule has 0 aliphatic carbocycles. The van der Waals surface area contributed by atoms with Gasteiger partial charge in [0.15, 0.2) is 0 Å². The van der Waals surface area contributed by atoms with E-state index >= 15 is 0 Å². The summed E-state index contributed by atoms with van der Waals surface area (Å²) in [5.74, 6) is 0.644. The largest absolute Gasteiger partial charge is 0.465 e. The number of carbonyl (C=O) groups is 1. The van der Waals surface area contributed by atoms with Crippen molar-refractivity contribution < 1.29 is 14.3 Å². The number of ether oxygens (including phenoxy) is 2. The monoisotopic (exact) mass is 305 g/mol. The first-order valence-electron chi connectivity index (χ1n) is 6.57. The van der Waals surface area contributed by atoms with E-state index in [4.69, 9.17) is 9.47 Å². The number of methoxy groups -OCH3 is 1. The second-order valence-electron chi connectivity index (χ2n) is 4.61. The van der Waals surface area contributed by atoms with Gasteiger partial charge in [-0.05, 0) is 17.7 Å². The summed E-state index contributed by atoms with van der Waals surface area (Å²) in [5.41, 5.74) is 2.32. The number of rotatable bonds is 4. The van der Waals surface area contributed by atoms with Crippen molar-refractivity contribution in [3.63, 3.8) is 0 Å². The molecule has 1 atom stereocenters. The lowest BCUT2D eigenvalue weighted by Crippen LogP contribution is -2.04. The molecular weight excluding hydrogens is 290 g/mol. The zero-order valence-electron chi connectivity index (χ0n) is 11.6. The van der Waals surface area contributed by atoms with E-state index in [1.54, 1.807) is 28.6 Å². The van der Waals surface area contributed by atoms with Gasteiger partial charge in [-0.15, -0.1) is 16.9 Å². The van der Waals surface area contributed by atoms with Gasteiger partial charge in [-0.3, -0.25) is 0 Å². The number of hydrogen-bond acceptors (Lipinski definition) is 6. The van der Waals surface area contributed by atoms with E-state index < -0.39 is 0 Å². The van der Waals surface area contributed by atoms with Crippen LogP contribution in [0.5, 0.6) is 0 Å². The summed E-state index contributed by atoms with van der Waals surface area (Å²) in [6.45, 7) is 1.30. The summed E-state index contributed by atoms with van der Waals surface area (Å²) < 4.78 is 12.0. The molecule has 2 aromatic rings. The zero-order valence-corrected chi connectivity index (χ0v) is 12.4. The topological polar surface area (TPSA) is 66.2 Å². The van der Waals surface area contributed by atoms with Gasteiger partial charge in [0.2, 0.25) is 0 Å². The third-order valence-corrected chi connectivity index (χ3v) is 4.19. The Morgan fingerprint density at radius 1 is 1.57 bits per heavy atom. The molecule has 110 valence electrons. The quantitative estimate of drug-likeness (QED) is 0.804. The Labute approximate surface area is 126 Å². The van der Waals surface area contributed by atoms with E-state index in [2.05, 4.69) is 10.3 Å². The number of carbonyl (C=O) groups excluding carboxylic acids is 1. The fourth-order valence-corrected chi connectivity index (χ4v) is 3.01. The minimum absolute atomic E-state index is 0.0137. The Kier molecular flexibility index (Phi) is 4.21. The van der Waals surface area contributed by atoms with E-state index in [0.29, 0.717) is 12.1 Å². The zero-order chi connectivity index (χ0) is 14.7. The van der Waals surface area contributed by atoms with E-state index in [9.17, 15) is 4.79 Å². The lowest BCUT2D eigenvalue weighted by atomic mass is 10.1. The average molecular weight is 305 g/mol. The molecule has 2 heterocycles. The number of benzene rings is 1. The van der Waals surface area contributed by atoms with E-state index in [-0.39, 0.29) is 11.4 Å². The molecule has 7 heteroatoms. The fraction of sp³-hybridized carbons (Fsp3) is 0.357. The summed E-state index contributed by atoms with van der Waals surface area (Å²) in [6.07, 6.45) is 1.88. The SMILES string of the molecule is COC(=O)c1cccc(Cn2cc([C@H]3OCCS3)nn2)c1. The maximum Gasteiger partial charge on any atom is 0.337 e. The summed E-state index contributed by atoms with van der Waals surface area (Å²) in [6, 6.07) is 7.29. The van der Waals surface area contributed by atoms with Crippen LogP contribution in [0.2, 0.25) is 0 Å². The lowest BCUT2D eigenvalue weighted by molar-refractivity contribution is 0.0600. The highest BCUT2D eigenvalue weighted by Crippen LogP contribution is 2.33. The molecule has 6 nitrogen and oxygen atoms in total. The molecule has 1 fully saturated rings. The molecule has 1 aromatic heterocycles. The van der Waals surface area contributed by atoms with E-state index in [1.165, 1.54) is 7.11 Å². The van der Waals surface area contributed by atoms with Crippen molar-refractivity contribution in [2.75, 3.05) is 19.5 Å². The van der Waals surface area contributed by atoms with Crippen molar-refractivity contribution in [1.82, 2.24) is 15.0 Å². The standard InChI is InChI=1S/C14H15N3O3S/c1-19-13(18)11-4-2-3-10(7-11)8-17-9-12(15-16-17)14-20-5-6-21-14/h2-4,7,9,14H,5-6,8H2,1H3/t14-/m0/s1. The second kappa shape index (κ2) is 6.28. The van der Waals surface area contributed by atoms with Crippen LogP contribution in [-0.4, -0.2) is 40.4 Å². The van der Waals surface area contributed by atoms with Gasteiger partial charge in [-0.1, -0.05) is 17.3 Å². The first-order chi connectivity index (χ1) is 10.3. The van der Waals surface area contributed by atoms with Crippen LogP contribution in [0.4, 0.5) is 0 Å². The maximum absolute atomic E-state index is 11.5. The van der Waals surface area contributed by atoms with Crippen molar-refractivity contribution >= 4 is 17.7 Å². The Bertz CT molecular complexity index is 638. The van der Waals surface area contributed by atoms with Crippen molar-refractivity contribution in [2.45, 2.75) is 12.0 Å². The highest BCUT2D eigenvalue weighted by molar-refractivity contribution is 7.99. The predicted octanol–water partition coefficient (Wildman–Crippen LogP) is 1.87. The molecule has 0 unspecified atom stereocenters. The van der Waals surface area contributed by atoms with Gasteiger partial charge in [0.1, 0.15) is 11.1 Å². The maximum atomic E-state index is 11.5. The molecule has 0 N–H and O–H groups in total. The van der Waals surface area contributed by atoms with E-state index in [1.807, 2.05) is 18.3 Å². The summed E-state index contributed by atoms with van der Waals surface area (Å²) in [7, 11) is 1.37. The fourth-order valence-electron chi connectivity index (χ4n) is 2.13. The minimum Gasteiger partial charge on any atom is -0.465 e. The lowest BCUT2D eigenvalue weighted by Gasteiger charge is -2.04. The third kappa shape index (κ3) is 3.25. The smallest absolute Gasteiger partial charge is 0.337 e. The van der Waals surface area contributed by atoms with Crippen LogP contribution < -0.4 is 0 Å². The third-order valence-electron chi connectivity index (χ3n) is 3.11. The molecule has 1 aromatic carbocycles. The molecule has 0 amide bonds. The van der Waals surface area contributed by atoms with Gasteiger partial charge in [-0.25, -0.2) is 9.48 Å². The Hall–Kier alpha value is -1.86. The number of esters is 1. The molecule has 3 rings (SSSR count). The van der Waals surface area contributed by atoms with Crippen LogP contribution in [0.3, 0.4) is 0 Å². The normalized spacial score (nSPS) is 17.9. The van der Waals surface area contributed by atoms with Crippen LogP contribution in [0.25, 0.3) is 0 Å². The Balaban J connectivity index is 1.73. The van der Waals surface area contributed by atoms with E-state index in [0.717, 1.165) is 23.6 Å². The first kappa shape index (κ1) is 14.1. The number of hydrogen-bond donors (Lipinski definition) is 0. The van der Waals surface area contributed by atoms with Gasteiger partial charge in [0.05, 0.1) is 32.0 Å². The van der Waals surface area contributed by atoms with Crippen molar-refractivity contribution in [3.05, 3.63) is 47.3 Å². The van der Waals surface area contributed by atoms with Crippen LogP contribution in [-0.2, 0) is 16.0 Å². The molecule has 0 bridgehead atoms. The Morgan fingerprint density at radius 2 is 2.48 bits per heavy atom. The summed E-state index contributed by atoms with van der Waals surface area (Å²) >= 11 is 1.73. The highest BCUT2D eigenvalue weighted by Gasteiger charge is 2.21. The average Bonchev–Trinajstić information content (AvgIpc) is 3.17. The van der Waals surface area contributed by atoms with Gasteiger partial charge >= 0.3 is 5.97 Å². The number of thioether (sulfide) groups is 1. The van der Waals surface area contributed by atoms with Crippen LogP contribution in [0.15, 0.2) is 30.5 Å². The van der Waals surface area contributed by atoms with Crippen LogP contribution >= 0.6 is 11.8 Å². The molecule has 21 heavy (non-hydrogen) atoms. The molecule has 0 radical (unpaired) electrons. The molecule has 1 aliphatic rings. The number of nitrogens with zero attached hydrogens (tertiary/aromatic N) is 3. The molecule has 1 aliphatic heterocycles. The summed E-state index contributed by atoms with van der Waals surface area (Å²) in [4.78, 5) is 11.5. The molecule has 0 spiro atoms. The Morgan fingerprint density at radius 3 is 3.24 bits per heavy atom. The summed E-state index contributed by atoms with van der Waals surface area (Å²) in [5, 5.41) is 8.25.